The lowest BCUT2D eigenvalue weighted by Gasteiger charge is -2.37. The van der Waals surface area contributed by atoms with Gasteiger partial charge in [-0.2, -0.15) is 5.26 Å². The number of imide groups is 2. The number of piperidine rings is 1. The highest BCUT2D eigenvalue weighted by Crippen LogP contribution is 2.35. The van der Waals surface area contributed by atoms with Gasteiger partial charge in [0.05, 0.1) is 66.4 Å². The molecule has 65 heavy (non-hydrogen) atoms. The summed E-state index contributed by atoms with van der Waals surface area (Å²) in [6.45, 7) is 2.37. The number of nitrogens with one attached hydrogen (secondary N) is 3. The third kappa shape index (κ3) is 9.19. The van der Waals surface area contributed by atoms with E-state index in [9.17, 15) is 38.4 Å². The standard InChI is InChI=1S/C46H41FN10O8/c1-64-38-4-2-3-33(47)41(38)42-51-15-12-35(52-42)43(60)53-34-8-5-27(32-26-49-14-11-28(32)25-48)23-37(34)55-17-19-56(20-18-55)40(59)13-21-65-22-16-50-29-6-7-30-31(24-29)46(63)57(45(30)62)36-9-10-39(58)54-44(36)61/h2-8,11-12,14-15,23-24,26,36,50H,9-10,13,16-22H2,1H3,(H,53,60)(H,54,58,61). The Hall–Kier alpha value is -8.11. The largest absolute Gasteiger partial charge is 0.496 e. The first-order chi connectivity index (χ1) is 31.5. The number of fused-ring (bicyclic) bond motifs is 1. The van der Waals surface area contributed by atoms with E-state index in [0.717, 1.165) is 4.90 Å². The van der Waals surface area contributed by atoms with Crippen molar-refractivity contribution in [3.8, 4) is 34.3 Å². The molecular weight excluding hydrogens is 840 g/mol. The Morgan fingerprint density at radius 3 is 2.54 bits per heavy atom. The fourth-order valence-electron chi connectivity index (χ4n) is 7.94. The fraction of sp³-hybridized carbons (Fsp3) is 0.261. The molecule has 330 valence electrons. The maximum atomic E-state index is 14.9. The molecule has 0 radical (unpaired) electrons. The van der Waals surface area contributed by atoms with Gasteiger partial charge in [-0.3, -0.25) is 44.0 Å². The lowest BCUT2D eigenvalue weighted by atomic mass is 10.0. The Labute approximate surface area is 371 Å². The number of piperazine rings is 1. The highest BCUT2D eigenvalue weighted by Gasteiger charge is 2.44. The number of halogens is 1. The summed E-state index contributed by atoms with van der Waals surface area (Å²) in [7, 11) is 1.40. The van der Waals surface area contributed by atoms with Crippen LogP contribution < -0.4 is 25.6 Å². The van der Waals surface area contributed by atoms with Crippen LogP contribution in [0.5, 0.6) is 5.75 Å². The number of methoxy groups -OCH3 is 1. The van der Waals surface area contributed by atoms with E-state index in [1.54, 1.807) is 47.5 Å². The van der Waals surface area contributed by atoms with Crippen molar-refractivity contribution in [2.45, 2.75) is 25.3 Å². The summed E-state index contributed by atoms with van der Waals surface area (Å²) in [5.74, 6) is -3.39. The summed E-state index contributed by atoms with van der Waals surface area (Å²) < 4.78 is 25.9. The number of carbonyl (C=O) groups excluding carboxylic acids is 6. The molecule has 19 heteroatoms. The number of hydrogen-bond acceptors (Lipinski definition) is 14. The van der Waals surface area contributed by atoms with Crippen LogP contribution in [0.3, 0.4) is 0 Å². The van der Waals surface area contributed by atoms with E-state index >= 15 is 0 Å². The Balaban J connectivity index is 0.863. The van der Waals surface area contributed by atoms with Crippen LogP contribution in [0.25, 0.3) is 22.5 Å². The Morgan fingerprint density at radius 2 is 1.75 bits per heavy atom. The van der Waals surface area contributed by atoms with E-state index in [0.29, 0.717) is 66.5 Å². The predicted molar refractivity (Wildman–Crippen MR) is 232 cm³/mol. The molecule has 3 aromatic carbocycles. The van der Waals surface area contributed by atoms with Crippen molar-refractivity contribution in [2.75, 3.05) is 68.6 Å². The van der Waals surface area contributed by atoms with E-state index in [4.69, 9.17) is 9.47 Å². The molecular formula is C46H41FN10O8. The first-order valence-corrected chi connectivity index (χ1v) is 20.7. The zero-order chi connectivity index (χ0) is 45.6. The van der Waals surface area contributed by atoms with E-state index in [2.05, 4.69) is 37.0 Å². The first-order valence-electron chi connectivity index (χ1n) is 20.7. The first kappa shape index (κ1) is 43.5. The van der Waals surface area contributed by atoms with Crippen LogP contribution in [-0.4, -0.2) is 119 Å². The van der Waals surface area contributed by atoms with Crippen LogP contribution in [0.15, 0.2) is 85.3 Å². The quantitative estimate of drug-likeness (QED) is 0.106. The van der Waals surface area contributed by atoms with Crippen LogP contribution in [0, 0.1) is 17.1 Å². The highest BCUT2D eigenvalue weighted by molar-refractivity contribution is 6.23. The summed E-state index contributed by atoms with van der Waals surface area (Å²) >= 11 is 0. The molecule has 3 aliphatic heterocycles. The molecule has 18 nitrogen and oxygen atoms in total. The second-order valence-electron chi connectivity index (χ2n) is 15.2. The monoisotopic (exact) mass is 880 g/mol. The van der Waals surface area contributed by atoms with Crippen molar-refractivity contribution in [1.29, 1.82) is 5.26 Å². The number of anilines is 3. The van der Waals surface area contributed by atoms with Crippen LogP contribution >= 0.6 is 0 Å². The molecule has 3 aliphatic rings. The molecule has 6 amide bonds. The van der Waals surface area contributed by atoms with Gasteiger partial charge in [-0.1, -0.05) is 12.1 Å². The minimum atomic E-state index is -1.05. The summed E-state index contributed by atoms with van der Waals surface area (Å²) in [4.78, 5) is 94.6. The topological polar surface area (TPSA) is 229 Å². The van der Waals surface area contributed by atoms with Gasteiger partial charge >= 0.3 is 0 Å². The number of pyridine rings is 1. The molecule has 0 spiro atoms. The molecule has 8 rings (SSSR count). The van der Waals surface area contributed by atoms with Crippen molar-refractivity contribution >= 4 is 52.5 Å². The van der Waals surface area contributed by atoms with Crippen molar-refractivity contribution in [1.82, 2.24) is 30.1 Å². The molecule has 3 N–H and O–H groups in total. The molecule has 2 fully saturated rings. The van der Waals surface area contributed by atoms with Crippen molar-refractivity contribution in [3.05, 3.63) is 114 Å². The molecule has 5 heterocycles. The third-order valence-electron chi connectivity index (χ3n) is 11.3. The van der Waals surface area contributed by atoms with E-state index in [1.165, 1.54) is 43.8 Å². The zero-order valence-electron chi connectivity index (χ0n) is 35.0. The van der Waals surface area contributed by atoms with Gasteiger partial charge in [-0.05, 0) is 66.6 Å². The Bertz CT molecular complexity index is 2770. The third-order valence-corrected chi connectivity index (χ3v) is 11.3. The van der Waals surface area contributed by atoms with Crippen molar-refractivity contribution in [3.63, 3.8) is 0 Å². The molecule has 0 aliphatic carbocycles. The average molecular weight is 881 g/mol. The van der Waals surface area contributed by atoms with E-state index < -0.39 is 41.4 Å². The summed E-state index contributed by atoms with van der Waals surface area (Å²) in [5, 5.41) is 18.1. The second kappa shape index (κ2) is 19.1. The van der Waals surface area contributed by atoms with Gasteiger partial charge in [0.15, 0.2) is 5.82 Å². The number of nitrogens with zero attached hydrogens (tertiary/aromatic N) is 7. The van der Waals surface area contributed by atoms with Gasteiger partial charge in [-0.25, -0.2) is 14.4 Å². The van der Waals surface area contributed by atoms with Crippen LogP contribution in [0.4, 0.5) is 21.5 Å². The van der Waals surface area contributed by atoms with Crippen LogP contribution in [-0.2, 0) is 19.1 Å². The smallest absolute Gasteiger partial charge is 0.274 e. The zero-order valence-corrected chi connectivity index (χ0v) is 35.0. The van der Waals surface area contributed by atoms with Gasteiger partial charge < -0.3 is 29.9 Å². The molecule has 1 unspecified atom stereocenters. The lowest BCUT2D eigenvalue weighted by Crippen LogP contribution is -2.54. The summed E-state index contributed by atoms with van der Waals surface area (Å²) in [6.07, 6.45) is 4.74. The summed E-state index contributed by atoms with van der Waals surface area (Å²) in [5.41, 5.74) is 3.72. The number of hydrogen-bond donors (Lipinski definition) is 3. The lowest BCUT2D eigenvalue weighted by molar-refractivity contribution is -0.136. The van der Waals surface area contributed by atoms with Gasteiger partial charge in [0, 0.05) is 69.0 Å². The van der Waals surface area contributed by atoms with Crippen molar-refractivity contribution < 1.29 is 42.6 Å². The molecule has 2 aromatic heterocycles. The van der Waals surface area contributed by atoms with Gasteiger partial charge in [0.2, 0.25) is 17.7 Å². The SMILES string of the molecule is COc1cccc(F)c1-c1nccc(C(=O)Nc2ccc(-c3cnccc3C#N)cc2N2CCN(C(=O)CCOCCNc3ccc4c(c3)C(=O)N(C3CCC(=O)NC3=O)C4=O)CC2)n1. The van der Waals surface area contributed by atoms with Gasteiger partial charge in [0.25, 0.3) is 17.7 Å². The molecule has 5 aromatic rings. The van der Waals surface area contributed by atoms with E-state index in [1.807, 2.05) is 11.0 Å². The van der Waals surface area contributed by atoms with Gasteiger partial charge in [0.1, 0.15) is 23.3 Å². The average Bonchev–Trinajstić information content (AvgIpc) is 3.57. The number of aromatic nitrogens is 3. The number of rotatable bonds is 14. The van der Waals surface area contributed by atoms with E-state index in [-0.39, 0.29) is 72.3 Å². The number of nitriles is 1. The predicted octanol–water partition coefficient (Wildman–Crippen LogP) is 4.05. The maximum Gasteiger partial charge on any atom is 0.274 e. The van der Waals surface area contributed by atoms with Gasteiger partial charge in [-0.15, -0.1) is 0 Å². The molecule has 0 bridgehead atoms. The molecule has 1 atom stereocenters. The van der Waals surface area contributed by atoms with Crippen LogP contribution in [0.2, 0.25) is 0 Å². The Morgan fingerprint density at radius 1 is 0.938 bits per heavy atom. The number of benzene rings is 3. The Kier molecular flexibility index (Phi) is 12.8. The molecule has 2 saturated heterocycles. The maximum absolute atomic E-state index is 14.9. The minimum absolute atomic E-state index is 0.0136. The highest BCUT2D eigenvalue weighted by atomic mass is 19.1. The number of carbonyl (C=O) groups is 6. The summed E-state index contributed by atoms with van der Waals surface area (Å²) in [6, 6.07) is 18.6. The van der Waals surface area contributed by atoms with Crippen LogP contribution in [0.1, 0.15) is 56.0 Å². The van der Waals surface area contributed by atoms with Crippen molar-refractivity contribution in [2.24, 2.45) is 0 Å². The number of amides is 6. The fourth-order valence-corrected chi connectivity index (χ4v) is 7.94. The second-order valence-corrected chi connectivity index (χ2v) is 15.2. The number of ether oxygens (including phenoxy) is 2. The molecule has 0 saturated carbocycles. The minimum Gasteiger partial charge on any atom is -0.496 e. The normalized spacial score (nSPS) is 15.9.